The Balaban J connectivity index is 1.82. The molecule has 3 aromatic rings. The first-order valence-electron chi connectivity index (χ1n) is 11.2. The van der Waals surface area contributed by atoms with Crippen LogP contribution in [0.5, 0.6) is 0 Å². The molecule has 0 spiro atoms. The molecule has 33 heavy (non-hydrogen) atoms. The van der Waals surface area contributed by atoms with Crippen LogP contribution in [0, 0.1) is 19.8 Å². The maximum Gasteiger partial charge on any atom is 0.337 e. The Morgan fingerprint density at radius 1 is 1.18 bits per heavy atom. The molecule has 7 heteroatoms. The zero-order chi connectivity index (χ0) is 23.7. The summed E-state index contributed by atoms with van der Waals surface area (Å²) in [6.07, 6.45) is 1.82. The SMILES string of the molecule is COC(=O)c1cccc(-n2c(C)cc([C@H]3[C@@H](c4ccccn4)NC(=S)N3CC(C)C)c2C)c1. The zero-order valence-electron chi connectivity index (χ0n) is 19.7. The second kappa shape index (κ2) is 9.35. The lowest BCUT2D eigenvalue weighted by Gasteiger charge is -2.29. The molecule has 1 aromatic carbocycles. The molecule has 2 aromatic heterocycles. The van der Waals surface area contributed by atoms with E-state index in [9.17, 15) is 4.79 Å². The second-order valence-corrected chi connectivity index (χ2v) is 9.26. The van der Waals surface area contributed by atoms with Crippen LogP contribution in [0.1, 0.15) is 58.9 Å². The highest BCUT2D eigenvalue weighted by Crippen LogP contribution is 2.41. The van der Waals surface area contributed by atoms with Crippen molar-refractivity contribution >= 4 is 23.3 Å². The summed E-state index contributed by atoms with van der Waals surface area (Å²) >= 11 is 5.78. The minimum Gasteiger partial charge on any atom is -0.465 e. The highest BCUT2D eigenvalue weighted by molar-refractivity contribution is 7.80. The van der Waals surface area contributed by atoms with Gasteiger partial charge in [-0.05, 0) is 73.9 Å². The summed E-state index contributed by atoms with van der Waals surface area (Å²) in [4.78, 5) is 19.0. The van der Waals surface area contributed by atoms with Gasteiger partial charge in [0.25, 0.3) is 0 Å². The fourth-order valence-corrected chi connectivity index (χ4v) is 5.02. The highest BCUT2D eigenvalue weighted by Gasteiger charge is 2.41. The average Bonchev–Trinajstić information content (AvgIpc) is 3.28. The summed E-state index contributed by atoms with van der Waals surface area (Å²) in [6.45, 7) is 9.47. The number of carbonyl (C=O) groups excluding carboxylic acids is 1. The van der Waals surface area contributed by atoms with Crippen LogP contribution >= 0.6 is 12.2 Å². The number of hydrogen-bond acceptors (Lipinski definition) is 4. The van der Waals surface area contributed by atoms with Gasteiger partial charge in [0.2, 0.25) is 0 Å². The largest absolute Gasteiger partial charge is 0.465 e. The molecule has 1 fully saturated rings. The number of thiocarbonyl (C=S) groups is 1. The first kappa shape index (κ1) is 23.0. The molecule has 0 saturated carbocycles. The Morgan fingerprint density at radius 3 is 2.64 bits per heavy atom. The second-order valence-electron chi connectivity index (χ2n) is 8.88. The van der Waals surface area contributed by atoms with E-state index in [1.54, 1.807) is 6.07 Å². The van der Waals surface area contributed by atoms with Gasteiger partial charge in [-0.1, -0.05) is 26.0 Å². The summed E-state index contributed by atoms with van der Waals surface area (Å²) < 4.78 is 7.10. The summed E-state index contributed by atoms with van der Waals surface area (Å²) in [5.74, 6) is 0.109. The molecule has 4 rings (SSSR count). The number of aryl methyl sites for hydroxylation is 1. The van der Waals surface area contributed by atoms with Crippen molar-refractivity contribution in [3.05, 3.63) is 82.9 Å². The standard InChI is InChI=1S/C26H30N4O2S/c1-16(2)15-29-24(23(28-26(29)33)22-11-6-7-12-27-22)21-13-17(3)30(18(21)4)20-10-8-9-19(14-20)25(31)32-5/h6-14,16,23-24H,15H2,1-5H3,(H,28,33)/t23-,24+/m1/s1. The van der Waals surface area contributed by atoms with E-state index in [4.69, 9.17) is 17.0 Å². The van der Waals surface area contributed by atoms with Crippen LogP contribution in [0.2, 0.25) is 0 Å². The predicted octanol–water partition coefficient (Wildman–Crippen LogP) is 4.90. The molecule has 2 atom stereocenters. The molecular formula is C26H30N4O2S. The monoisotopic (exact) mass is 462 g/mol. The fraction of sp³-hybridized carbons (Fsp3) is 0.346. The van der Waals surface area contributed by atoms with Gasteiger partial charge in [-0.15, -0.1) is 0 Å². The molecule has 3 heterocycles. The maximum absolute atomic E-state index is 12.1. The van der Waals surface area contributed by atoms with Crippen molar-refractivity contribution < 1.29 is 9.53 Å². The third-order valence-corrected chi connectivity index (χ3v) is 6.43. The third-order valence-electron chi connectivity index (χ3n) is 6.07. The molecule has 0 unspecified atom stereocenters. The molecular weight excluding hydrogens is 432 g/mol. The highest BCUT2D eigenvalue weighted by atomic mass is 32.1. The number of hydrogen-bond donors (Lipinski definition) is 1. The molecule has 0 radical (unpaired) electrons. The molecule has 6 nitrogen and oxygen atoms in total. The predicted molar refractivity (Wildman–Crippen MR) is 134 cm³/mol. The van der Waals surface area contributed by atoms with Crippen LogP contribution in [-0.2, 0) is 4.74 Å². The maximum atomic E-state index is 12.1. The van der Waals surface area contributed by atoms with Crippen LogP contribution in [0.3, 0.4) is 0 Å². The first-order valence-corrected chi connectivity index (χ1v) is 11.6. The molecule has 1 saturated heterocycles. The lowest BCUT2D eigenvalue weighted by atomic mass is 9.96. The van der Waals surface area contributed by atoms with Crippen LogP contribution in [0.15, 0.2) is 54.7 Å². The van der Waals surface area contributed by atoms with Gasteiger partial charge in [0.1, 0.15) is 0 Å². The van der Waals surface area contributed by atoms with Gasteiger partial charge in [-0.2, -0.15) is 0 Å². The Morgan fingerprint density at radius 2 is 1.97 bits per heavy atom. The summed E-state index contributed by atoms with van der Waals surface area (Å²) in [7, 11) is 1.40. The van der Waals surface area contributed by atoms with Crippen LogP contribution in [-0.4, -0.2) is 39.2 Å². The van der Waals surface area contributed by atoms with E-state index in [1.807, 2.05) is 42.6 Å². The number of benzene rings is 1. The van der Waals surface area contributed by atoms with E-state index in [1.165, 1.54) is 12.7 Å². The van der Waals surface area contributed by atoms with Crippen LogP contribution in [0.25, 0.3) is 5.69 Å². The van der Waals surface area contributed by atoms with Crippen molar-refractivity contribution in [1.82, 2.24) is 19.8 Å². The van der Waals surface area contributed by atoms with E-state index < -0.39 is 0 Å². The van der Waals surface area contributed by atoms with Crippen molar-refractivity contribution in [3.8, 4) is 5.69 Å². The molecule has 1 aliphatic heterocycles. The lowest BCUT2D eigenvalue weighted by Crippen LogP contribution is -2.33. The van der Waals surface area contributed by atoms with Crippen LogP contribution < -0.4 is 5.32 Å². The van der Waals surface area contributed by atoms with Crippen LogP contribution in [0.4, 0.5) is 0 Å². The van der Waals surface area contributed by atoms with E-state index in [-0.39, 0.29) is 18.1 Å². The molecule has 172 valence electrons. The third kappa shape index (κ3) is 4.37. The minimum atomic E-state index is -0.344. The Labute approximate surface area is 200 Å². The average molecular weight is 463 g/mol. The number of ether oxygens (including phenoxy) is 1. The van der Waals surface area contributed by atoms with Gasteiger partial charge >= 0.3 is 5.97 Å². The van der Waals surface area contributed by atoms with E-state index in [2.05, 4.69) is 53.5 Å². The van der Waals surface area contributed by atoms with Crippen molar-refractivity contribution in [2.45, 2.75) is 39.8 Å². The van der Waals surface area contributed by atoms with Crippen molar-refractivity contribution in [1.29, 1.82) is 0 Å². The van der Waals surface area contributed by atoms with E-state index >= 15 is 0 Å². The topological polar surface area (TPSA) is 59.4 Å². The molecule has 0 aliphatic carbocycles. The fourth-order valence-electron chi connectivity index (χ4n) is 4.71. The first-order chi connectivity index (χ1) is 15.8. The van der Waals surface area contributed by atoms with Gasteiger partial charge < -0.3 is 19.5 Å². The minimum absolute atomic E-state index is 0.0125. The van der Waals surface area contributed by atoms with Gasteiger partial charge in [0.05, 0.1) is 30.5 Å². The number of carbonyl (C=O) groups is 1. The number of esters is 1. The number of pyridine rings is 1. The normalized spacial score (nSPS) is 18.0. The van der Waals surface area contributed by atoms with Gasteiger partial charge in [-0.25, -0.2) is 4.79 Å². The summed E-state index contributed by atoms with van der Waals surface area (Å²) in [5.41, 5.74) is 5.82. The zero-order valence-corrected chi connectivity index (χ0v) is 20.5. The molecule has 0 bridgehead atoms. The number of nitrogens with one attached hydrogen (secondary N) is 1. The Hall–Kier alpha value is -3.19. The summed E-state index contributed by atoms with van der Waals surface area (Å²) in [6, 6.07) is 15.7. The quantitative estimate of drug-likeness (QED) is 0.415. The Kier molecular flexibility index (Phi) is 6.51. The molecule has 0 amide bonds. The number of methoxy groups -OCH3 is 1. The van der Waals surface area contributed by atoms with Gasteiger partial charge in [0.15, 0.2) is 5.11 Å². The molecule has 1 N–H and O–H groups in total. The smallest absolute Gasteiger partial charge is 0.337 e. The number of aromatic nitrogens is 2. The lowest BCUT2D eigenvalue weighted by molar-refractivity contribution is 0.0600. The van der Waals surface area contributed by atoms with Crippen molar-refractivity contribution in [2.24, 2.45) is 5.92 Å². The van der Waals surface area contributed by atoms with E-state index in [0.717, 1.165) is 34.4 Å². The number of nitrogens with zero attached hydrogens (tertiary/aromatic N) is 3. The number of rotatable bonds is 6. The summed E-state index contributed by atoms with van der Waals surface area (Å²) in [5, 5.41) is 4.28. The molecule has 1 aliphatic rings. The van der Waals surface area contributed by atoms with E-state index in [0.29, 0.717) is 11.5 Å². The van der Waals surface area contributed by atoms with Crippen molar-refractivity contribution in [3.63, 3.8) is 0 Å². The van der Waals surface area contributed by atoms with Crippen molar-refractivity contribution in [2.75, 3.05) is 13.7 Å². The van der Waals surface area contributed by atoms with Gasteiger partial charge in [0, 0.05) is 29.8 Å². The Bertz CT molecular complexity index is 1170. The van der Waals surface area contributed by atoms with Gasteiger partial charge in [-0.3, -0.25) is 4.98 Å².